The van der Waals surface area contributed by atoms with Crippen LogP contribution >= 0.6 is 0 Å². The topological polar surface area (TPSA) is 17.8 Å². The monoisotopic (exact) mass is 216 g/mol. The van der Waals surface area contributed by atoms with Gasteiger partial charge in [-0.05, 0) is 29.0 Å². The molecular weight excluding hydrogens is 196 g/mol. The number of benzene rings is 1. The summed E-state index contributed by atoms with van der Waals surface area (Å²) in [5.41, 5.74) is 5.17. The molecule has 0 saturated carbocycles. The fourth-order valence-corrected chi connectivity index (χ4v) is 2.05. The van der Waals surface area contributed by atoms with Gasteiger partial charge in [0.2, 0.25) is 0 Å². The van der Waals surface area contributed by atoms with Crippen molar-refractivity contribution in [1.29, 1.82) is 0 Å². The largest absolute Gasteiger partial charge is 0.334 e. The molecule has 0 atom stereocenters. The van der Waals surface area contributed by atoms with Crippen LogP contribution in [0.25, 0.3) is 11.0 Å². The first-order valence-corrected chi connectivity index (χ1v) is 5.95. The summed E-state index contributed by atoms with van der Waals surface area (Å²) in [6.07, 6.45) is 1.90. The van der Waals surface area contributed by atoms with Gasteiger partial charge in [0, 0.05) is 7.05 Å². The van der Waals surface area contributed by atoms with Crippen molar-refractivity contribution in [3.63, 3.8) is 0 Å². The molecule has 0 aliphatic rings. The molecule has 0 fully saturated rings. The lowest BCUT2D eigenvalue weighted by Gasteiger charge is -2.12. The Bertz CT molecular complexity index is 507. The van der Waals surface area contributed by atoms with Crippen LogP contribution in [0.1, 0.15) is 50.7 Å². The minimum Gasteiger partial charge on any atom is -0.334 e. The highest BCUT2D eigenvalue weighted by Crippen LogP contribution is 2.28. The predicted octanol–water partition coefficient (Wildman–Crippen LogP) is 3.82. The molecule has 0 radical (unpaired) electrons. The Labute approximate surface area is 97.3 Å². The Hall–Kier alpha value is -1.31. The number of imidazole rings is 1. The quantitative estimate of drug-likeness (QED) is 0.746. The summed E-state index contributed by atoms with van der Waals surface area (Å²) in [5.74, 6) is 1.09. The van der Waals surface area contributed by atoms with Gasteiger partial charge in [0.05, 0.1) is 17.4 Å². The van der Waals surface area contributed by atoms with Gasteiger partial charge >= 0.3 is 0 Å². The molecule has 2 aromatic rings. The van der Waals surface area contributed by atoms with Crippen molar-refractivity contribution in [3.8, 4) is 0 Å². The van der Waals surface area contributed by atoms with Gasteiger partial charge in [-0.3, -0.25) is 0 Å². The van der Waals surface area contributed by atoms with Crippen molar-refractivity contribution < 1.29 is 0 Å². The van der Waals surface area contributed by atoms with Gasteiger partial charge in [0.1, 0.15) is 0 Å². The third kappa shape index (κ3) is 1.73. The maximum atomic E-state index is 4.50. The predicted molar refractivity (Wildman–Crippen MR) is 68.9 cm³/mol. The third-order valence-electron chi connectivity index (χ3n) is 3.17. The molecule has 1 aromatic carbocycles. The maximum absolute atomic E-state index is 4.50. The van der Waals surface area contributed by atoms with E-state index in [-0.39, 0.29) is 0 Å². The molecule has 0 amide bonds. The van der Waals surface area contributed by atoms with Crippen LogP contribution in [0.2, 0.25) is 0 Å². The number of hydrogen-bond acceptors (Lipinski definition) is 1. The van der Waals surface area contributed by atoms with Crippen LogP contribution in [-0.4, -0.2) is 9.55 Å². The van der Waals surface area contributed by atoms with Gasteiger partial charge in [-0.2, -0.15) is 0 Å². The molecule has 2 nitrogen and oxygen atoms in total. The second-order valence-electron chi connectivity index (χ2n) is 5.14. The lowest BCUT2D eigenvalue weighted by atomic mass is 9.94. The van der Waals surface area contributed by atoms with E-state index in [1.165, 1.54) is 16.6 Å². The zero-order valence-corrected chi connectivity index (χ0v) is 10.8. The van der Waals surface area contributed by atoms with Crippen LogP contribution in [0.3, 0.4) is 0 Å². The summed E-state index contributed by atoms with van der Waals surface area (Å²) in [4.78, 5) is 4.50. The third-order valence-corrected chi connectivity index (χ3v) is 3.17. The number of hydrogen-bond donors (Lipinski definition) is 0. The van der Waals surface area contributed by atoms with E-state index in [9.17, 15) is 0 Å². The molecule has 0 bridgehead atoms. The van der Waals surface area contributed by atoms with Gasteiger partial charge in [-0.1, -0.05) is 33.8 Å². The van der Waals surface area contributed by atoms with E-state index in [1.54, 1.807) is 0 Å². The Morgan fingerprint density at radius 3 is 2.31 bits per heavy atom. The average molecular weight is 216 g/mol. The van der Waals surface area contributed by atoms with Crippen molar-refractivity contribution in [2.75, 3.05) is 0 Å². The van der Waals surface area contributed by atoms with Crippen LogP contribution in [0.5, 0.6) is 0 Å². The Morgan fingerprint density at radius 2 is 1.75 bits per heavy atom. The molecule has 1 heterocycles. The van der Waals surface area contributed by atoms with Gasteiger partial charge in [0.15, 0.2) is 0 Å². The van der Waals surface area contributed by atoms with Crippen LogP contribution in [-0.2, 0) is 7.05 Å². The smallest absolute Gasteiger partial charge is 0.0955 e. The highest BCUT2D eigenvalue weighted by Gasteiger charge is 2.12. The molecule has 0 spiro atoms. The second-order valence-corrected chi connectivity index (χ2v) is 5.14. The molecule has 2 heteroatoms. The fraction of sp³-hybridized carbons (Fsp3) is 0.500. The number of aromatic nitrogens is 2. The van der Waals surface area contributed by atoms with Crippen LogP contribution in [0.15, 0.2) is 18.5 Å². The van der Waals surface area contributed by atoms with Crippen molar-refractivity contribution in [3.05, 3.63) is 29.6 Å². The number of fused-ring (bicyclic) bond motifs is 1. The number of nitrogens with zero attached hydrogens (tertiary/aromatic N) is 2. The molecule has 0 N–H and O–H groups in total. The van der Waals surface area contributed by atoms with Crippen molar-refractivity contribution in [1.82, 2.24) is 9.55 Å². The molecule has 0 aliphatic carbocycles. The molecule has 86 valence electrons. The highest BCUT2D eigenvalue weighted by atomic mass is 15.0. The van der Waals surface area contributed by atoms with E-state index in [0.29, 0.717) is 11.8 Å². The van der Waals surface area contributed by atoms with Crippen LogP contribution < -0.4 is 0 Å². The van der Waals surface area contributed by atoms with Crippen LogP contribution in [0.4, 0.5) is 0 Å². The molecule has 16 heavy (non-hydrogen) atoms. The molecule has 2 rings (SSSR count). The first-order chi connectivity index (χ1) is 7.50. The summed E-state index contributed by atoms with van der Waals surface area (Å²) >= 11 is 0. The zero-order chi connectivity index (χ0) is 11.9. The summed E-state index contributed by atoms with van der Waals surface area (Å²) < 4.78 is 2.10. The molecular formula is C14H20N2. The van der Waals surface area contributed by atoms with Crippen LogP contribution in [0, 0.1) is 0 Å². The Morgan fingerprint density at radius 1 is 1.06 bits per heavy atom. The van der Waals surface area contributed by atoms with Crippen molar-refractivity contribution >= 4 is 11.0 Å². The van der Waals surface area contributed by atoms with Gasteiger partial charge in [0.25, 0.3) is 0 Å². The van der Waals surface area contributed by atoms with Crippen molar-refractivity contribution in [2.45, 2.75) is 39.5 Å². The standard InChI is InChI=1S/C14H20N2/c1-9(2)11-6-12(10(3)4)14-13(7-11)16(5)8-15-14/h6-10H,1-5H3. The first-order valence-electron chi connectivity index (χ1n) is 5.95. The minimum absolute atomic E-state index is 0.524. The second kappa shape index (κ2) is 3.93. The Kier molecular flexibility index (Phi) is 2.75. The average Bonchev–Trinajstić information content (AvgIpc) is 2.59. The van der Waals surface area contributed by atoms with E-state index in [1.807, 2.05) is 6.33 Å². The summed E-state index contributed by atoms with van der Waals surface area (Å²) in [5, 5.41) is 0. The molecule has 0 unspecified atom stereocenters. The van der Waals surface area contributed by atoms with Gasteiger partial charge < -0.3 is 4.57 Å². The lowest BCUT2D eigenvalue weighted by molar-refractivity contribution is 0.839. The molecule has 1 aromatic heterocycles. The van der Waals surface area contributed by atoms with E-state index < -0.39 is 0 Å². The van der Waals surface area contributed by atoms with Crippen molar-refractivity contribution in [2.24, 2.45) is 7.05 Å². The summed E-state index contributed by atoms with van der Waals surface area (Å²) in [7, 11) is 2.06. The minimum atomic E-state index is 0.524. The zero-order valence-electron chi connectivity index (χ0n) is 10.8. The first kappa shape index (κ1) is 11.2. The van der Waals surface area contributed by atoms with E-state index in [2.05, 4.69) is 56.4 Å². The maximum Gasteiger partial charge on any atom is 0.0955 e. The molecule has 0 saturated heterocycles. The summed E-state index contributed by atoms with van der Waals surface area (Å²) in [6.45, 7) is 8.93. The normalized spacial score (nSPS) is 11.9. The Balaban J connectivity index is 2.75. The van der Waals surface area contributed by atoms with E-state index in [4.69, 9.17) is 0 Å². The van der Waals surface area contributed by atoms with Gasteiger partial charge in [-0.15, -0.1) is 0 Å². The number of rotatable bonds is 2. The lowest BCUT2D eigenvalue weighted by Crippen LogP contribution is -1.96. The highest BCUT2D eigenvalue weighted by molar-refractivity contribution is 5.80. The van der Waals surface area contributed by atoms with E-state index in [0.717, 1.165) is 5.52 Å². The summed E-state index contributed by atoms with van der Waals surface area (Å²) in [6, 6.07) is 4.57. The molecule has 0 aliphatic heterocycles. The SMILES string of the molecule is CC(C)c1cc(C(C)C)c2ncn(C)c2c1. The van der Waals surface area contributed by atoms with E-state index >= 15 is 0 Å². The fourth-order valence-electron chi connectivity index (χ4n) is 2.05. The van der Waals surface area contributed by atoms with Gasteiger partial charge in [-0.25, -0.2) is 4.98 Å². The number of aryl methyl sites for hydroxylation is 1.